The molecule has 1 saturated carbocycles. The smallest absolute Gasteiger partial charge is 0.240 e. The summed E-state index contributed by atoms with van der Waals surface area (Å²) in [5.74, 6) is 0.0912. The van der Waals surface area contributed by atoms with Crippen molar-refractivity contribution in [3.63, 3.8) is 0 Å². The molecule has 1 fully saturated rings. The molecular formula is C20H31N3O2. The number of carbonyl (C=O) groups is 2. The number of hydrogen-bond donors (Lipinski definition) is 3. The zero-order valence-electron chi connectivity index (χ0n) is 15.4. The zero-order chi connectivity index (χ0) is 18.3. The molecule has 0 spiro atoms. The molecule has 2 amide bonds. The molecule has 1 aliphatic carbocycles. The van der Waals surface area contributed by atoms with Gasteiger partial charge in [-0.05, 0) is 43.9 Å². The van der Waals surface area contributed by atoms with Gasteiger partial charge in [-0.15, -0.1) is 0 Å². The van der Waals surface area contributed by atoms with Crippen LogP contribution < -0.4 is 16.4 Å². The monoisotopic (exact) mass is 345 g/mol. The van der Waals surface area contributed by atoms with Crippen LogP contribution in [0.3, 0.4) is 0 Å². The maximum absolute atomic E-state index is 12.4. The van der Waals surface area contributed by atoms with Gasteiger partial charge in [-0.1, -0.05) is 44.7 Å². The van der Waals surface area contributed by atoms with Crippen molar-refractivity contribution in [3.8, 4) is 0 Å². The SMILES string of the molecule is CCCC(C)(N)C(=O)NCc1cccc(NC(=O)C2CCCCC2)c1. The molecule has 0 aromatic heterocycles. The van der Waals surface area contributed by atoms with Gasteiger partial charge in [0.1, 0.15) is 0 Å². The minimum absolute atomic E-state index is 0.110. The Kier molecular flexibility index (Phi) is 7.00. The molecule has 138 valence electrons. The molecule has 0 aliphatic heterocycles. The zero-order valence-corrected chi connectivity index (χ0v) is 15.4. The third kappa shape index (κ3) is 5.85. The second-order valence-electron chi connectivity index (χ2n) is 7.37. The van der Waals surface area contributed by atoms with Crippen LogP contribution in [0.5, 0.6) is 0 Å². The van der Waals surface area contributed by atoms with E-state index in [-0.39, 0.29) is 17.7 Å². The van der Waals surface area contributed by atoms with Gasteiger partial charge < -0.3 is 16.4 Å². The summed E-state index contributed by atoms with van der Waals surface area (Å²) in [5.41, 5.74) is 6.93. The summed E-state index contributed by atoms with van der Waals surface area (Å²) >= 11 is 0. The lowest BCUT2D eigenvalue weighted by Crippen LogP contribution is -2.51. The molecule has 1 aliphatic rings. The third-order valence-corrected chi connectivity index (χ3v) is 4.91. The standard InChI is InChI=1S/C20H31N3O2/c1-3-12-20(2,21)19(25)22-14-15-8-7-11-17(13-15)23-18(24)16-9-5-4-6-10-16/h7-8,11,13,16H,3-6,9-10,12,14,21H2,1-2H3,(H,22,25)(H,23,24). The van der Waals surface area contributed by atoms with Crippen LogP contribution >= 0.6 is 0 Å². The van der Waals surface area contributed by atoms with E-state index in [1.54, 1.807) is 6.92 Å². The minimum atomic E-state index is -0.846. The third-order valence-electron chi connectivity index (χ3n) is 4.91. The Morgan fingerprint density at radius 1 is 1.24 bits per heavy atom. The topological polar surface area (TPSA) is 84.2 Å². The quantitative estimate of drug-likeness (QED) is 0.708. The predicted octanol–water partition coefficient (Wildman–Crippen LogP) is 3.34. The van der Waals surface area contributed by atoms with Crippen molar-refractivity contribution in [1.82, 2.24) is 5.32 Å². The van der Waals surface area contributed by atoms with Crippen LogP contribution in [-0.4, -0.2) is 17.4 Å². The van der Waals surface area contributed by atoms with Crippen molar-refractivity contribution in [1.29, 1.82) is 0 Å². The summed E-state index contributed by atoms with van der Waals surface area (Å²) < 4.78 is 0. The lowest BCUT2D eigenvalue weighted by molar-refractivity contribution is -0.126. The van der Waals surface area contributed by atoms with Gasteiger partial charge in [0.2, 0.25) is 11.8 Å². The van der Waals surface area contributed by atoms with E-state index in [0.29, 0.717) is 13.0 Å². The van der Waals surface area contributed by atoms with Crippen LogP contribution in [0.4, 0.5) is 5.69 Å². The fourth-order valence-corrected chi connectivity index (χ4v) is 3.39. The molecule has 0 radical (unpaired) electrons. The number of nitrogens with two attached hydrogens (primary N) is 1. The van der Waals surface area contributed by atoms with E-state index in [0.717, 1.165) is 43.4 Å². The predicted molar refractivity (Wildman–Crippen MR) is 101 cm³/mol. The van der Waals surface area contributed by atoms with Gasteiger partial charge in [0.15, 0.2) is 0 Å². The first kappa shape index (κ1) is 19.4. The van der Waals surface area contributed by atoms with Gasteiger partial charge in [0, 0.05) is 18.2 Å². The van der Waals surface area contributed by atoms with E-state index in [1.807, 2.05) is 31.2 Å². The fraction of sp³-hybridized carbons (Fsp3) is 0.600. The summed E-state index contributed by atoms with van der Waals surface area (Å²) in [5, 5.41) is 5.91. The van der Waals surface area contributed by atoms with Crippen LogP contribution in [0.25, 0.3) is 0 Å². The molecule has 0 heterocycles. The van der Waals surface area contributed by atoms with Crippen LogP contribution in [0, 0.1) is 5.92 Å². The number of rotatable bonds is 7. The van der Waals surface area contributed by atoms with E-state index in [1.165, 1.54) is 6.42 Å². The Labute approximate surface area is 150 Å². The van der Waals surface area contributed by atoms with Gasteiger partial charge in [0.25, 0.3) is 0 Å². The largest absolute Gasteiger partial charge is 0.350 e. The number of amides is 2. The Bertz CT molecular complexity index is 592. The maximum Gasteiger partial charge on any atom is 0.240 e. The molecular weight excluding hydrogens is 314 g/mol. The summed E-state index contributed by atoms with van der Waals surface area (Å²) in [6.07, 6.45) is 6.98. The highest BCUT2D eigenvalue weighted by molar-refractivity contribution is 5.92. The molecule has 0 saturated heterocycles. The van der Waals surface area contributed by atoms with Gasteiger partial charge in [-0.3, -0.25) is 9.59 Å². The molecule has 1 aromatic rings. The van der Waals surface area contributed by atoms with E-state index >= 15 is 0 Å². The molecule has 1 atom stereocenters. The van der Waals surface area contributed by atoms with Gasteiger partial charge in [-0.2, -0.15) is 0 Å². The molecule has 5 heteroatoms. The van der Waals surface area contributed by atoms with E-state index in [4.69, 9.17) is 5.73 Å². The fourth-order valence-electron chi connectivity index (χ4n) is 3.39. The van der Waals surface area contributed by atoms with Crippen molar-refractivity contribution < 1.29 is 9.59 Å². The molecule has 25 heavy (non-hydrogen) atoms. The first-order valence-electron chi connectivity index (χ1n) is 9.39. The highest BCUT2D eigenvalue weighted by Gasteiger charge is 2.26. The first-order valence-corrected chi connectivity index (χ1v) is 9.39. The summed E-state index contributed by atoms with van der Waals surface area (Å²) in [6, 6.07) is 7.63. The van der Waals surface area contributed by atoms with Crippen LogP contribution in [-0.2, 0) is 16.1 Å². The van der Waals surface area contributed by atoms with Crippen LogP contribution in [0.2, 0.25) is 0 Å². The Morgan fingerprint density at radius 2 is 1.96 bits per heavy atom. The second-order valence-corrected chi connectivity index (χ2v) is 7.37. The molecule has 1 aromatic carbocycles. The molecule has 2 rings (SSSR count). The van der Waals surface area contributed by atoms with Crippen molar-refractivity contribution in [3.05, 3.63) is 29.8 Å². The van der Waals surface area contributed by atoms with Crippen LogP contribution in [0.15, 0.2) is 24.3 Å². The van der Waals surface area contributed by atoms with E-state index in [2.05, 4.69) is 10.6 Å². The van der Waals surface area contributed by atoms with Crippen molar-refractivity contribution in [2.45, 2.75) is 70.9 Å². The van der Waals surface area contributed by atoms with Crippen molar-refractivity contribution in [2.24, 2.45) is 11.7 Å². The minimum Gasteiger partial charge on any atom is -0.350 e. The first-order chi connectivity index (χ1) is 11.9. The molecule has 5 nitrogen and oxygen atoms in total. The Hall–Kier alpha value is -1.88. The van der Waals surface area contributed by atoms with E-state index in [9.17, 15) is 9.59 Å². The summed E-state index contributed by atoms with van der Waals surface area (Å²) in [7, 11) is 0. The van der Waals surface area contributed by atoms with Gasteiger partial charge >= 0.3 is 0 Å². The summed E-state index contributed by atoms with van der Waals surface area (Å²) in [4.78, 5) is 24.5. The normalized spacial score (nSPS) is 17.6. The molecule has 4 N–H and O–H groups in total. The van der Waals surface area contributed by atoms with Crippen molar-refractivity contribution in [2.75, 3.05) is 5.32 Å². The Morgan fingerprint density at radius 3 is 2.64 bits per heavy atom. The molecule has 1 unspecified atom stereocenters. The van der Waals surface area contributed by atoms with Gasteiger partial charge in [-0.25, -0.2) is 0 Å². The number of anilines is 1. The number of carbonyl (C=O) groups excluding carboxylic acids is 2. The number of nitrogens with one attached hydrogen (secondary N) is 2. The average Bonchev–Trinajstić information content (AvgIpc) is 2.60. The highest BCUT2D eigenvalue weighted by atomic mass is 16.2. The van der Waals surface area contributed by atoms with Crippen LogP contribution in [0.1, 0.15) is 64.4 Å². The lowest BCUT2D eigenvalue weighted by atomic mass is 9.88. The maximum atomic E-state index is 12.4. The van der Waals surface area contributed by atoms with Gasteiger partial charge in [0.05, 0.1) is 5.54 Å². The second kappa shape index (κ2) is 8.99. The summed E-state index contributed by atoms with van der Waals surface area (Å²) in [6.45, 7) is 4.17. The molecule has 0 bridgehead atoms. The average molecular weight is 345 g/mol. The highest BCUT2D eigenvalue weighted by Crippen LogP contribution is 2.25. The Balaban J connectivity index is 1.90. The van der Waals surface area contributed by atoms with Crippen molar-refractivity contribution >= 4 is 17.5 Å². The van der Waals surface area contributed by atoms with E-state index < -0.39 is 5.54 Å². The lowest BCUT2D eigenvalue weighted by Gasteiger charge is -2.23. The number of benzene rings is 1. The number of hydrogen-bond acceptors (Lipinski definition) is 3.